The maximum absolute atomic E-state index is 12.7. The Morgan fingerprint density at radius 3 is 2.34 bits per heavy atom. The second-order valence-electron chi connectivity index (χ2n) is 7.19. The molecule has 0 aliphatic rings. The van der Waals surface area contributed by atoms with Gasteiger partial charge in [0, 0.05) is 23.5 Å². The van der Waals surface area contributed by atoms with Crippen molar-refractivity contribution in [2.45, 2.75) is 37.9 Å². The molecule has 0 aliphatic heterocycles. The van der Waals surface area contributed by atoms with Crippen LogP contribution in [0, 0.1) is 0 Å². The summed E-state index contributed by atoms with van der Waals surface area (Å²) >= 11 is 0. The quantitative estimate of drug-likeness (QED) is 0.220. The highest BCUT2D eigenvalue weighted by atomic mass is 16.4. The van der Waals surface area contributed by atoms with Crippen LogP contribution in [0.25, 0.3) is 10.9 Å². The van der Waals surface area contributed by atoms with Gasteiger partial charge in [0.05, 0.1) is 19.0 Å². The summed E-state index contributed by atoms with van der Waals surface area (Å²) in [4.78, 5) is 61.6. The van der Waals surface area contributed by atoms with E-state index in [2.05, 4.69) is 15.6 Å². The molecule has 3 unspecified atom stereocenters. The summed E-state index contributed by atoms with van der Waals surface area (Å²) < 4.78 is 0. The average molecular weight is 447 g/mol. The van der Waals surface area contributed by atoms with E-state index in [0.717, 1.165) is 16.5 Å². The first kappa shape index (κ1) is 24.3. The van der Waals surface area contributed by atoms with Crippen molar-refractivity contribution in [3.63, 3.8) is 0 Å². The molecule has 0 aliphatic carbocycles. The number of para-hydroxylation sites is 1. The molecule has 8 N–H and O–H groups in total. The van der Waals surface area contributed by atoms with E-state index >= 15 is 0 Å². The van der Waals surface area contributed by atoms with E-state index in [4.69, 9.17) is 15.9 Å². The van der Waals surface area contributed by atoms with Gasteiger partial charge in [-0.2, -0.15) is 0 Å². The van der Waals surface area contributed by atoms with Gasteiger partial charge in [0.15, 0.2) is 0 Å². The van der Waals surface area contributed by atoms with Crippen LogP contribution in [0.1, 0.15) is 18.9 Å². The SMILES string of the molecule is CC(N)C(=O)NC(Cc1c[nH]c2ccccc12)C(=O)NCC(=O)NC(CC(=O)O)C(=O)O. The topological polar surface area (TPSA) is 204 Å². The number of carbonyl (C=O) groups excluding carboxylic acids is 3. The van der Waals surface area contributed by atoms with Gasteiger partial charge in [-0.1, -0.05) is 18.2 Å². The Balaban J connectivity index is 2.07. The van der Waals surface area contributed by atoms with Gasteiger partial charge in [-0.3, -0.25) is 19.2 Å². The van der Waals surface area contributed by atoms with Crippen molar-refractivity contribution in [3.05, 3.63) is 36.0 Å². The molecule has 172 valence electrons. The van der Waals surface area contributed by atoms with Gasteiger partial charge < -0.3 is 36.9 Å². The molecular weight excluding hydrogens is 422 g/mol. The van der Waals surface area contributed by atoms with Gasteiger partial charge >= 0.3 is 11.9 Å². The van der Waals surface area contributed by atoms with Crippen molar-refractivity contribution in [2.75, 3.05) is 6.54 Å². The second-order valence-corrected chi connectivity index (χ2v) is 7.19. The van der Waals surface area contributed by atoms with E-state index in [-0.39, 0.29) is 6.42 Å². The normalized spacial score (nSPS) is 13.6. The third-order valence-electron chi connectivity index (χ3n) is 4.58. The number of carboxylic acid groups (broad SMARTS) is 2. The maximum atomic E-state index is 12.7. The number of H-pyrrole nitrogens is 1. The van der Waals surface area contributed by atoms with Crippen LogP contribution in [0.2, 0.25) is 0 Å². The maximum Gasteiger partial charge on any atom is 0.326 e. The molecular formula is C20H25N5O7. The van der Waals surface area contributed by atoms with E-state index < -0.39 is 60.8 Å². The number of amides is 3. The van der Waals surface area contributed by atoms with E-state index in [1.54, 1.807) is 6.20 Å². The minimum Gasteiger partial charge on any atom is -0.481 e. The Labute approximate surface area is 182 Å². The summed E-state index contributed by atoms with van der Waals surface area (Å²) in [7, 11) is 0. The molecule has 3 atom stereocenters. The van der Waals surface area contributed by atoms with Gasteiger partial charge in [0.1, 0.15) is 12.1 Å². The molecule has 0 fully saturated rings. The number of carboxylic acids is 2. The van der Waals surface area contributed by atoms with Crippen molar-refractivity contribution in [1.82, 2.24) is 20.9 Å². The first-order chi connectivity index (χ1) is 15.1. The van der Waals surface area contributed by atoms with Crippen LogP contribution in [0.5, 0.6) is 0 Å². The van der Waals surface area contributed by atoms with Crippen LogP contribution < -0.4 is 21.7 Å². The zero-order chi connectivity index (χ0) is 23.8. The lowest BCUT2D eigenvalue weighted by Gasteiger charge is -2.20. The number of carbonyl (C=O) groups is 5. The predicted molar refractivity (Wildman–Crippen MR) is 112 cm³/mol. The first-order valence-corrected chi connectivity index (χ1v) is 9.71. The van der Waals surface area contributed by atoms with Gasteiger partial charge in [-0.15, -0.1) is 0 Å². The third-order valence-corrected chi connectivity index (χ3v) is 4.58. The zero-order valence-corrected chi connectivity index (χ0v) is 17.3. The Bertz CT molecular complexity index is 1020. The van der Waals surface area contributed by atoms with Crippen molar-refractivity contribution in [3.8, 4) is 0 Å². The number of aromatic amines is 1. The summed E-state index contributed by atoms with van der Waals surface area (Å²) in [6, 6.07) is 3.81. The monoisotopic (exact) mass is 447 g/mol. The number of aliphatic carboxylic acids is 2. The minimum atomic E-state index is -1.64. The number of nitrogens with one attached hydrogen (secondary N) is 4. The molecule has 12 heteroatoms. The molecule has 0 radical (unpaired) electrons. The van der Waals surface area contributed by atoms with E-state index in [1.807, 2.05) is 29.6 Å². The van der Waals surface area contributed by atoms with Crippen LogP contribution in [0.15, 0.2) is 30.5 Å². The number of benzene rings is 1. The number of fused-ring (bicyclic) bond motifs is 1. The molecule has 2 aromatic rings. The molecule has 0 saturated carbocycles. The molecule has 1 aromatic heterocycles. The predicted octanol–water partition coefficient (Wildman–Crippen LogP) is -1.30. The molecule has 0 bridgehead atoms. The molecule has 0 saturated heterocycles. The van der Waals surface area contributed by atoms with Gasteiger partial charge in [-0.05, 0) is 18.6 Å². The Kier molecular flexibility index (Phi) is 8.30. The first-order valence-electron chi connectivity index (χ1n) is 9.71. The molecule has 2 rings (SSSR count). The highest BCUT2D eigenvalue weighted by Crippen LogP contribution is 2.19. The van der Waals surface area contributed by atoms with Crippen molar-refractivity contribution >= 4 is 40.6 Å². The number of hydrogen-bond acceptors (Lipinski definition) is 6. The second kappa shape index (κ2) is 10.9. The summed E-state index contributed by atoms with van der Waals surface area (Å²) in [5.41, 5.74) is 7.17. The van der Waals surface area contributed by atoms with Crippen LogP contribution in [-0.2, 0) is 30.4 Å². The molecule has 32 heavy (non-hydrogen) atoms. The van der Waals surface area contributed by atoms with Crippen LogP contribution in [0.4, 0.5) is 0 Å². The molecule has 12 nitrogen and oxygen atoms in total. The molecule has 3 amide bonds. The summed E-state index contributed by atoms with van der Waals surface area (Å²) in [5.74, 6) is -5.07. The van der Waals surface area contributed by atoms with E-state index in [9.17, 15) is 24.0 Å². The van der Waals surface area contributed by atoms with Crippen LogP contribution in [0.3, 0.4) is 0 Å². The summed E-state index contributed by atoms with van der Waals surface area (Å²) in [6.45, 7) is 0.846. The number of hydrogen-bond donors (Lipinski definition) is 7. The Hall–Kier alpha value is -3.93. The van der Waals surface area contributed by atoms with Gasteiger partial charge in [-0.25, -0.2) is 4.79 Å². The van der Waals surface area contributed by atoms with E-state index in [1.165, 1.54) is 6.92 Å². The average Bonchev–Trinajstić information content (AvgIpc) is 3.13. The van der Waals surface area contributed by atoms with Crippen LogP contribution >= 0.6 is 0 Å². The van der Waals surface area contributed by atoms with Gasteiger partial charge in [0.25, 0.3) is 0 Å². The molecule has 1 aromatic carbocycles. The number of rotatable bonds is 11. The fourth-order valence-electron chi connectivity index (χ4n) is 2.94. The summed E-state index contributed by atoms with van der Waals surface area (Å²) in [6.07, 6.45) is 0.994. The highest BCUT2D eigenvalue weighted by molar-refractivity contribution is 5.93. The number of nitrogens with two attached hydrogens (primary N) is 1. The number of aromatic nitrogens is 1. The molecule has 0 spiro atoms. The molecule has 1 heterocycles. The fraction of sp³-hybridized carbons (Fsp3) is 0.350. The fourth-order valence-corrected chi connectivity index (χ4v) is 2.94. The van der Waals surface area contributed by atoms with Crippen LogP contribution in [-0.4, -0.2) is 69.5 Å². The third kappa shape index (κ3) is 6.80. The van der Waals surface area contributed by atoms with E-state index in [0.29, 0.717) is 0 Å². The van der Waals surface area contributed by atoms with Crippen molar-refractivity contribution < 1.29 is 34.2 Å². The highest BCUT2D eigenvalue weighted by Gasteiger charge is 2.26. The Morgan fingerprint density at radius 2 is 1.72 bits per heavy atom. The lowest BCUT2D eigenvalue weighted by Crippen LogP contribution is -2.53. The largest absolute Gasteiger partial charge is 0.481 e. The Morgan fingerprint density at radius 1 is 1.03 bits per heavy atom. The lowest BCUT2D eigenvalue weighted by molar-refractivity contribution is -0.147. The van der Waals surface area contributed by atoms with Crippen molar-refractivity contribution in [1.29, 1.82) is 0 Å². The van der Waals surface area contributed by atoms with Gasteiger partial charge in [0.2, 0.25) is 17.7 Å². The minimum absolute atomic E-state index is 0.104. The standard InChI is InChI=1S/C20H25N5O7/c1-10(21)18(29)25-14(6-11-8-22-13-5-3-2-4-12(11)13)19(30)23-9-16(26)24-15(20(31)32)7-17(27)28/h2-5,8,10,14-15,22H,6-7,9,21H2,1H3,(H,23,30)(H,24,26)(H,25,29)(H,27,28)(H,31,32). The van der Waals surface area contributed by atoms with Crippen molar-refractivity contribution in [2.24, 2.45) is 5.73 Å². The summed E-state index contributed by atoms with van der Waals surface area (Å²) in [5, 5.41) is 25.5. The zero-order valence-electron chi connectivity index (χ0n) is 17.3. The lowest BCUT2D eigenvalue weighted by atomic mass is 10.0. The smallest absolute Gasteiger partial charge is 0.326 e.